The number of thioether (sulfide) groups is 1. The van der Waals surface area contributed by atoms with Crippen LogP contribution in [0.1, 0.15) is 22.8 Å². The number of hydrogen-bond donors (Lipinski definition) is 2. The number of fused-ring (bicyclic) bond motifs is 1. The van der Waals surface area contributed by atoms with Gasteiger partial charge in [0, 0.05) is 39.5 Å². The third kappa shape index (κ3) is 5.21. The van der Waals surface area contributed by atoms with E-state index in [1.807, 2.05) is 36.4 Å². The Hall–Kier alpha value is -2.96. The fraction of sp³-hybridized carbons (Fsp3) is 0.167. The lowest BCUT2D eigenvalue weighted by Crippen LogP contribution is -2.41. The fourth-order valence-corrected chi connectivity index (χ4v) is 4.60. The zero-order valence-corrected chi connectivity index (χ0v) is 18.5. The van der Waals surface area contributed by atoms with Crippen molar-refractivity contribution in [2.45, 2.75) is 23.6 Å². The maximum Gasteiger partial charge on any atom is 0.326 e. The maximum absolute atomic E-state index is 12.9. The predicted octanol–water partition coefficient (Wildman–Crippen LogP) is 5.80. The molecule has 4 rings (SSSR count). The van der Waals surface area contributed by atoms with Crippen molar-refractivity contribution in [3.05, 3.63) is 88.9 Å². The number of nitrogens with zero attached hydrogens (tertiary/aromatic N) is 1. The van der Waals surface area contributed by atoms with Gasteiger partial charge in [-0.15, -0.1) is 11.8 Å². The van der Waals surface area contributed by atoms with E-state index in [4.69, 9.17) is 11.6 Å². The molecule has 0 saturated carbocycles. The zero-order valence-electron chi connectivity index (χ0n) is 17.0. The summed E-state index contributed by atoms with van der Waals surface area (Å²) in [5.74, 6) is -0.177. The van der Waals surface area contributed by atoms with Crippen LogP contribution in [0.25, 0.3) is 0 Å². The number of urea groups is 1. The predicted molar refractivity (Wildman–Crippen MR) is 127 cm³/mol. The highest BCUT2D eigenvalue weighted by molar-refractivity contribution is 8.00. The number of carbonyl (C=O) groups is 2. The molecule has 1 aliphatic rings. The topological polar surface area (TPSA) is 61.4 Å². The summed E-state index contributed by atoms with van der Waals surface area (Å²) >= 11 is 7.66. The van der Waals surface area contributed by atoms with E-state index in [0.29, 0.717) is 34.6 Å². The van der Waals surface area contributed by atoms with Gasteiger partial charge >= 0.3 is 6.03 Å². The van der Waals surface area contributed by atoms with E-state index in [2.05, 4.69) is 17.6 Å². The number of nitrogens with one attached hydrogen (secondary N) is 2. The van der Waals surface area contributed by atoms with E-state index in [9.17, 15) is 9.59 Å². The summed E-state index contributed by atoms with van der Waals surface area (Å²) < 4.78 is 0. The molecule has 0 saturated heterocycles. The molecule has 0 bridgehead atoms. The number of halogens is 1. The van der Waals surface area contributed by atoms with E-state index < -0.39 is 0 Å². The first-order valence-electron chi connectivity index (χ1n) is 9.96. The van der Waals surface area contributed by atoms with E-state index in [-0.39, 0.29) is 11.9 Å². The van der Waals surface area contributed by atoms with E-state index in [1.54, 1.807) is 53.1 Å². The molecule has 1 atom stereocenters. The monoisotopic (exact) mass is 451 g/mol. The van der Waals surface area contributed by atoms with Gasteiger partial charge < -0.3 is 10.6 Å². The van der Waals surface area contributed by atoms with Crippen LogP contribution in [0, 0.1) is 0 Å². The lowest BCUT2D eigenvalue weighted by atomic mass is 10.1. The number of benzene rings is 3. The SMILES string of the molecule is C[C@H]1CN(C(=O)Nc2ccc(C(=O)NCc3ccc(Cl)cc3)cc2)c2ccccc2S1. The Balaban J connectivity index is 1.38. The molecule has 0 radical (unpaired) electrons. The minimum absolute atomic E-state index is 0.177. The molecule has 1 heterocycles. The number of para-hydroxylation sites is 1. The van der Waals surface area contributed by atoms with Gasteiger partial charge in [-0.1, -0.05) is 42.8 Å². The Labute approximate surface area is 190 Å². The van der Waals surface area contributed by atoms with Gasteiger partial charge in [-0.2, -0.15) is 0 Å². The Morgan fingerprint density at radius 1 is 1.03 bits per heavy atom. The maximum atomic E-state index is 12.9. The van der Waals surface area contributed by atoms with Crippen molar-refractivity contribution in [1.29, 1.82) is 0 Å². The minimum Gasteiger partial charge on any atom is -0.348 e. The summed E-state index contributed by atoms with van der Waals surface area (Å²) in [6.45, 7) is 3.16. The second-order valence-corrected chi connectivity index (χ2v) is 9.24. The molecule has 3 amide bonds. The summed E-state index contributed by atoms with van der Waals surface area (Å²) in [6.07, 6.45) is 0. The van der Waals surface area contributed by atoms with Gasteiger partial charge in [0.05, 0.1) is 5.69 Å². The fourth-order valence-electron chi connectivity index (χ4n) is 3.36. The van der Waals surface area contributed by atoms with Crippen molar-refractivity contribution in [3.8, 4) is 0 Å². The summed E-state index contributed by atoms with van der Waals surface area (Å²) in [7, 11) is 0. The summed E-state index contributed by atoms with van der Waals surface area (Å²) in [5, 5.41) is 6.79. The summed E-state index contributed by atoms with van der Waals surface area (Å²) in [4.78, 5) is 28.2. The second-order valence-electron chi connectivity index (χ2n) is 7.32. The first-order chi connectivity index (χ1) is 15.0. The number of rotatable bonds is 4. The van der Waals surface area contributed by atoms with Gasteiger partial charge in [-0.05, 0) is 54.1 Å². The molecule has 3 aromatic rings. The van der Waals surface area contributed by atoms with Crippen LogP contribution in [0.2, 0.25) is 5.02 Å². The number of hydrogen-bond acceptors (Lipinski definition) is 3. The first kappa shape index (κ1) is 21.3. The molecule has 31 heavy (non-hydrogen) atoms. The number of carbonyl (C=O) groups excluding carboxylic acids is 2. The Morgan fingerprint density at radius 2 is 1.74 bits per heavy atom. The molecule has 0 unspecified atom stereocenters. The molecule has 1 aliphatic heterocycles. The van der Waals surface area contributed by atoms with Gasteiger partial charge in [0.25, 0.3) is 5.91 Å². The van der Waals surface area contributed by atoms with Crippen LogP contribution in [0.4, 0.5) is 16.2 Å². The van der Waals surface area contributed by atoms with E-state index in [1.165, 1.54) is 0 Å². The van der Waals surface area contributed by atoms with Crippen LogP contribution in [0.5, 0.6) is 0 Å². The molecule has 2 N–H and O–H groups in total. The molecular weight excluding hydrogens is 430 g/mol. The van der Waals surface area contributed by atoms with Gasteiger partial charge in [0.2, 0.25) is 0 Å². The van der Waals surface area contributed by atoms with Crippen LogP contribution < -0.4 is 15.5 Å². The molecule has 5 nitrogen and oxygen atoms in total. The van der Waals surface area contributed by atoms with Crippen molar-refractivity contribution >= 4 is 46.7 Å². The van der Waals surface area contributed by atoms with E-state index >= 15 is 0 Å². The van der Waals surface area contributed by atoms with Crippen molar-refractivity contribution in [1.82, 2.24) is 5.32 Å². The lowest BCUT2D eigenvalue weighted by Gasteiger charge is -2.32. The van der Waals surface area contributed by atoms with Gasteiger partial charge in [-0.25, -0.2) is 4.79 Å². The molecule has 0 aromatic heterocycles. The highest BCUT2D eigenvalue weighted by atomic mass is 35.5. The quantitative estimate of drug-likeness (QED) is 0.526. The normalized spacial score (nSPS) is 15.2. The highest BCUT2D eigenvalue weighted by Crippen LogP contribution is 2.38. The first-order valence-corrected chi connectivity index (χ1v) is 11.2. The van der Waals surface area contributed by atoms with E-state index in [0.717, 1.165) is 16.1 Å². The average Bonchev–Trinajstić information content (AvgIpc) is 2.78. The van der Waals surface area contributed by atoms with Crippen molar-refractivity contribution < 1.29 is 9.59 Å². The molecule has 0 fully saturated rings. The Kier molecular flexibility index (Phi) is 6.49. The van der Waals surface area contributed by atoms with Gasteiger partial charge in [-0.3, -0.25) is 9.69 Å². The largest absolute Gasteiger partial charge is 0.348 e. The van der Waals surface area contributed by atoms with Crippen molar-refractivity contribution in [2.75, 3.05) is 16.8 Å². The Bertz CT molecular complexity index is 1090. The zero-order chi connectivity index (χ0) is 21.8. The summed E-state index contributed by atoms with van der Waals surface area (Å²) in [6, 6.07) is 22.0. The van der Waals surface area contributed by atoms with Crippen LogP contribution in [0.15, 0.2) is 77.7 Å². The average molecular weight is 452 g/mol. The molecule has 7 heteroatoms. The molecule has 0 spiro atoms. The van der Waals surface area contributed by atoms with Crippen LogP contribution in [-0.2, 0) is 6.54 Å². The van der Waals surface area contributed by atoms with Crippen molar-refractivity contribution in [2.24, 2.45) is 0 Å². The third-order valence-electron chi connectivity index (χ3n) is 4.93. The van der Waals surface area contributed by atoms with Crippen LogP contribution >= 0.6 is 23.4 Å². The third-order valence-corrected chi connectivity index (χ3v) is 6.34. The highest BCUT2D eigenvalue weighted by Gasteiger charge is 2.26. The molecular formula is C24H22ClN3O2S. The Morgan fingerprint density at radius 3 is 2.48 bits per heavy atom. The molecule has 3 aromatic carbocycles. The molecule has 0 aliphatic carbocycles. The van der Waals surface area contributed by atoms with Gasteiger partial charge in [0.15, 0.2) is 0 Å². The summed E-state index contributed by atoms with van der Waals surface area (Å²) in [5.41, 5.74) is 3.06. The van der Waals surface area contributed by atoms with Crippen LogP contribution in [0.3, 0.4) is 0 Å². The smallest absolute Gasteiger partial charge is 0.326 e. The standard InChI is InChI=1S/C24H22ClN3O2S/c1-16-15-28(21-4-2-3-5-22(21)31-16)24(30)27-20-12-8-18(9-13-20)23(29)26-14-17-6-10-19(25)11-7-17/h2-13,16H,14-15H2,1H3,(H,26,29)(H,27,30)/t16-/m0/s1. The van der Waals surface area contributed by atoms with Gasteiger partial charge in [0.1, 0.15) is 0 Å². The van der Waals surface area contributed by atoms with Crippen LogP contribution in [-0.4, -0.2) is 23.7 Å². The molecule has 158 valence electrons. The van der Waals surface area contributed by atoms with Crippen molar-refractivity contribution in [3.63, 3.8) is 0 Å². The number of amides is 3. The minimum atomic E-state index is -0.181. The second kappa shape index (κ2) is 9.45. The lowest BCUT2D eigenvalue weighted by molar-refractivity contribution is 0.0951. The number of anilines is 2.